The highest BCUT2D eigenvalue weighted by Gasteiger charge is 2.34. The van der Waals surface area contributed by atoms with Gasteiger partial charge in [0, 0.05) is 10.6 Å². The molecule has 0 bridgehead atoms. The number of halogens is 1. The van der Waals surface area contributed by atoms with Gasteiger partial charge in [-0.3, -0.25) is 9.36 Å². The Balaban J connectivity index is 1.99. The average Bonchev–Trinajstić information content (AvgIpc) is 3.14. The van der Waals surface area contributed by atoms with E-state index in [0.29, 0.717) is 42.7 Å². The number of aromatic nitrogens is 1. The first-order chi connectivity index (χ1) is 16.8. The van der Waals surface area contributed by atoms with Crippen LogP contribution in [0, 0.1) is 0 Å². The molecule has 1 aliphatic rings. The van der Waals surface area contributed by atoms with Gasteiger partial charge in [-0.2, -0.15) is 0 Å². The highest BCUT2D eigenvalue weighted by atomic mass is 35.5. The van der Waals surface area contributed by atoms with Crippen molar-refractivity contribution in [3.05, 3.63) is 83.5 Å². The summed E-state index contributed by atoms with van der Waals surface area (Å²) in [5.74, 6) is 0.391. The number of fused-ring (bicyclic) bond motifs is 1. The first kappa shape index (κ1) is 24.6. The van der Waals surface area contributed by atoms with E-state index in [1.807, 2.05) is 0 Å². The Bertz CT molecular complexity index is 1520. The zero-order chi connectivity index (χ0) is 25.3. The van der Waals surface area contributed by atoms with Crippen LogP contribution in [0.2, 0.25) is 5.02 Å². The molecule has 1 aliphatic heterocycles. The van der Waals surface area contributed by atoms with Gasteiger partial charge < -0.3 is 19.3 Å². The highest BCUT2D eigenvalue weighted by molar-refractivity contribution is 7.07. The molecule has 4 rings (SSSR count). The van der Waals surface area contributed by atoms with E-state index in [-0.39, 0.29) is 23.5 Å². The van der Waals surface area contributed by atoms with E-state index in [1.54, 1.807) is 50.3 Å². The van der Waals surface area contributed by atoms with Crippen molar-refractivity contribution in [1.82, 2.24) is 4.57 Å². The van der Waals surface area contributed by atoms with Crippen LogP contribution >= 0.6 is 22.9 Å². The van der Waals surface area contributed by atoms with E-state index in [0.717, 1.165) is 11.3 Å². The molecule has 2 aromatic carbocycles. The lowest BCUT2D eigenvalue weighted by molar-refractivity contribution is -0.139. The van der Waals surface area contributed by atoms with Gasteiger partial charge in [-0.25, -0.2) is 9.79 Å². The molecule has 0 amide bonds. The number of carbonyl (C=O) groups is 1. The second kappa shape index (κ2) is 9.97. The van der Waals surface area contributed by atoms with Crippen LogP contribution in [0.15, 0.2) is 57.5 Å². The molecule has 0 saturated heterocycles. The third-order valence-electron chi connectivity index (χ3n) is 5.52. The normalized spacial score (nSPS) is 15.5. The van der Waals surface area contributed by atoms with E-state index >= 15 is 0 Å². The van der Waals surface area contributed by atoms with Gasteiger partial charge in [-0.1, -0.05) is 29.0 Å². The average molecular weight is 515 g/mol. The fourth-order valence-corrected chi connectivity index (χ4v) is 5.13. The maximum Gasteiger partial charge on any atom is 0.338 e. The number of carbonyl (C=O) groups excluding carboxylic acids is 1. The van der Waals surface area contributed by atoms with E-state index in [1.165, 1.54) is 24.9 Å². The van der Waals surface area contributed by atoms with Crippen LogP contribution in [0.3, 0.4) is 0 Å². The van der Waals surface area contributed by atoms with Crippen molar-refractivity contribution in [2.24, 2.45) is 4.99 Å². The number of allylic oxidation sites excluding steroid dienone is 1. The summed E-state index contributed by atoms with van der Waals surface area (Å²) in [5, 5.41) is 10.7. The smallest absolute Gasteiger partial charge is 0.338 e. The number of benzene rings is 2. The van der Waals surface area contributed by atoms with Gasteiger partial charge >= 0.3 is 5.97 Å². The van der Waals surface area contributed by atoms with Crippen LogP contribution in [-0.4, -0.2) is 36.5 Å². The van der Waals surface area contributed by atoms with E-state index in [9.17, 15) is 14.7 Å². The lowest BCUT2D eigenvalue weighted by Gasteiger charge is -2.25. The standard InChI is InChI=1S/C25H23ClN2O6S/c1-5-34-24(31)21-13(2)27-25-28(22(21)14-6-9-18(32-3)19(11-14)33-4)23(30)20(35-25)12-15-10-16(26)7-8-17(15)29/h6-12,22,29H,5H2,1-4H3/t22-/m1/s1. The molecule has 1 atom stereocenters. The summed E-state index contributed by atoms with van der Waals surface area (Å²) in [6.07, 6.45) is 1.56. The second-order valence-electron chi connectivity index (χ2n) is 7.62. The Kier molecular flexibility index (Phi) is 7.00. The number of phenolic OH excluding ortho intramolecular Hbond substituents is 1. The van der Waals surface area contributed by atoms with Crippen molar-refractivity contribution in [2.45, 2.75) is 19.9 Å². The molecule has 0 saturated carbocycles. The van der Waals surface area contributed by atoms with Crippen LogP contribution in [0.1, 0.15) is 31.0 Å². The van der Waals surface area contributed by atoms with Crippen molar-refractivity contribution in [2.75, 3.05) is 20.8 Å². The third-order valence-corrected chi connectivity index (χ3v) is 6.73. The molecule has 10 heteroatoms. The first-order valence-corrected chi connectivity index (χ1v) is 11.9. The van der Waals surface area contributed by atoms with Crippen molar-refractivity contribution >= 4 is 35.0 Å². The summed E-state index contributed by atoms with van der Waals surface area (Å²) in [6.45, 7) is 3.60. The quantitative estimate of drug-likeness (QED) is 0.507. The Hall–Kier alpha value is -3.56. The van der Waals surface area contributed by atoms with Crippen LogP contribution in [0.5, 0.6) is 17.2 Å². The van der Waals surface area contributed by atoms with Crippen molar-refractivity contribution < 1.29 is 24.1 Å². The number of hydrogen-bond donors (Lipinski definition) is 1. The Morgan fingerprint density at radius 3 is 2.63 bits per heavy atom. The minimum absolute atomic E-state index is 0.0138. The number of methoxy groups -OCH3 is 2. The molecular formula is C25H23ClN2O6S. The summed E-state index contributed by atoms with van der Waals surface area (Å²) in [7, 11) is 3.04. The van der Waals surface area contributed by atoms with E-state index in [2.05, 4.69) is 4.99 Å². The first-order valence-electron chi connectivity index (χ1n) is 10.7. The molecule has 8 nitrogen and oxygen atoms in total. The van der Waals surface area contributed by atoms with Gasteiger partial charge in [-0.15, -0.1) is 0 Å². The lowest BCUT2D eigenvalue weighted by Crippen LogP contribution is -2.40. The molecule has 182 valence electrons. The fourth-order valence-electron chi connectivity index (χ4n) is 3.91. The third kappa shape index (κ3) is 4.56. The maximum atomic E-state index is 13.6. The highest BCUT2D eigenvalue weighted by Crippen LogP contribution is 2.36. The van der Waals surface area contributed by atoms with E-state index in [4.69, 9.17) is 25.8 Å². The number of nitrogens with zero attached hydrogens (tertiary/aromatic N) is 2. The molecule has 2 heterocycles. The maximum absolute atomic E-state index is 13.6. The predicted molar refractivity (Wildman–Crippen MR) is 133 cm³/mol. The number of aromatic hydroxyl groups is 1. The molecule has 1 N–H and O–H groups in total. The van der Waals surface area contributed by atoms with Crippen LogP contribution in [-0.2, 0) is 9.53 Å². The van der Waals surface area contributed by atoms with Gasteiger partial charge in [-0.05, 0) is 55.8 Å². The zero-order valence-corrected chi connectivity index (χ0v) is 21.1. The zero-order valence-electron chi connectivity index (χ0n) is 19.5. The number of thiazole rings is 1. The minimum atomic E-state index is -0.805. The summed E-state index contributed by atoms with van der Waals surface area (Å²) in [5.41, 5.74) is 1.34. The van der Waals surface area contributed by atoms with Crippen molar-refractivity contribution in [1.29, 1.82) is 0 Å². The number of rotatable bonds is 6. The van der Waals surface area contributed by atoms with E-state index < -0.39 is 12.0 Å². The summed E-state index contributed by atoms with van der Waals surface area (Å²) in [4.78, 5) is 31.6. The van der Waals surface area contributed by atoms with Crippen LogP contribution in [0.4, 0.5) is 0 Å². The van der Waals surface area contributed by atoms with Gasteiger partial charge in [0.1, 0.15) is 5.75 Å². The largest absolute Gasteiger partial charge is 0.507 e. The molecule has 0 unspecified atom stereocenters. The van der Waals surface area contributed by atoms with Gasteiger partial charge in [0.05, 0.1) is 42.7 Å². The van der Waals surface area contributed by atoms with Crippen molar-refractivity contribution in [3.63, 3.8) is 0 Å². The molecule has 0 aliphatic carbocycles. The second-order valence-corrected chi connectivity index (χ2v) is 9.07. The molecule has 1 aromatic heterocycles. The van der Waals surface area contributed by atoms with Gasteiger partial charge in [0.15, 0.2) is 16.3 Å². The molecule has 0 fully saturated rings. The number of phenols is 1. The van der Waals surface area contributed by atoms with Crippen LogP contribution < -0.4 is 24.4 Å². The molecular weight excluding hydrogens is 492 g/mol. The van der Waals surface area contributed by atoms with Gasteiger partial charge in [0.25, 0.3) is 5.56 Å². The Labute approximate surface area is 210 Å². The van der Waals surface area contributed by atoms with Gasteiger partial charge in [0.2, 0.25) is 0 Å². The molecule has 0 radical (unpaired) electrons. The molecule has 3 aromatic rings. The topological polar surface area (TPSA) is 99.4 Å². The van der Waals surface area contributed by atoms with Crippen LogP contribution in [0.25, 0.3) is 6.08 Å². The lowest BCUT2D eigenvalue weighted by atomic mass is 9.95. The Morgan fingerprint density at radius 2 is 1.94 bits per heavy atom. The number of hydrogen-bond acceptors (Lipinski definition) is 8. The SMILES string of the molecule is CCOC(=O)C1=C(C)N=c2sc(=Cc3cc(Cl)ccc3O)c(=O)n2[C@@H]1c1ccc(OC)c(OC)c1. The fraction of sp³-hybridized carbons (Fsp3) is 0.240. The minimum Gasteiger partial charge on any atom is -0.507 e. The summed E-state index contributed by atoms with van der Waals surface area (Å²) in [6, 6.07) is 8.98. The monoisotopic (exact) mass is 514 g/mol. The summed E-state index contributed by atoms with van der Waals surface area (Å²) < 4.78 is 17.9. The predicted octanol–water partition coefficient (Wildman–Crippen LogP) is 3.17. The summed E-state index contributed by atoms with van der Waals surface area (Å²) >= 11 is 7.22. The Morgan fingerprint density at radius 1 is 1.20 bits per heavy atom. The number of ether oxygens (including phenoxy) is 3. The number of esters is 1. The van der Waals surface area contributed by atoms with Crippen molar-refractivity contribution in [3.8, 4) is 17.2 Å². The molecule has 0 spiro atoms. The molecule has 35 heavy (non-hydrogen) atoms.